The van der Waals surface area contributed by atoms with Gasteiger partial charge in [-0.25, -0.2) is 0 Å². The summed E-state index contributed by atoms with van der Waals surface area (Å²) in [5.41, 5.74) is 5.11. The minimum absolute atomic E-state index is 0.250. The summed E-state index contributed by atoms with van der Waals surface area (Å²) in [6.45, 7) is 4.24. The van der Waals surface area contributed by atoms with Gasteiger partial charge < -0.3 is 9.84 Å². The van der Waals surface area contributed by atoms with Gasteiger partial charge in [-0.15, -0.1) is 0 Å². The van der Waals surface area contributed by atoms with Gasteiger partial charge in [-0.3, -0.25) is 4.99 Å². The fourth-order valence-corrected chi connectivity index (χ4v) is 4.00. The van der Waals surface area contributed by atoms with E-state index in [0.29, 0.717) is 5.56 Å². The molecule has 4 aromatic rings. The highest BCUT2D eigenvalue weighted by Gasteiger charge is 2.26. The van der Waals surface area contributed by atoms with Gasteiger partial charge in [0.05, 0.1) is 12.8 Å². The summed E-state index contributed by atoms with van der Waals surface area (Å²) in [6.07, 6.45) is 1.73. The van der Waals surface area contributed by atoms with Crippen molar-refractivity contribution in [3.05, 3.63) is 114 Å². The molecule has 1 N–H and O–H groups in total. The van der Waals surface area contributed by atoms with Crippen LogP contribution in [-0.4, -0.2) is 18.4 Å². The van der Waals surface area contributed by atoms with Crippen molar-refractivity contribution in [3.8, 4) is 22.6 Å². The van der Waals surface area contributed by atoms with Gasteiger partial charge in [0.25, 0.3) is 0 Å². The minimum atomic E-state index is -0.343. The lowest BCUT2D eigenvalue weighted by Gasteiger charge is -2.27. The molecule has 0 amide bonds. The fraction of sp³-hybridized carbons (Fsp3) is 0.138. The number of hydrogen-bond acceptors (Lipinski definition) is 3. The molecule has 0 aliphatic rings. The highest BCUT2D eigenvalue weighted by molar-refractivity contribution is 5.89. The first-order valence-electron chi connectivity index (χ1n) is 10.7. The van der Waals surface area contributed by atoms with Crippen LogP contribution in [0, 0.1) is 0 Å². The summed E-state index contributed by atoms with van der Waals surface area (Å²) < 4.78 is 5.54. The van der Waals surface area contributed by atoms with Crippen molar-refractivity contribution >= 4 is 11.9 Å². The van der Waals surface area contributed by atoms with Gasteiger partial charge >= 0.3 is 0 Å². The normalized spacial score (nSPS) is 11.6. The summed E-state index contributed by atoms with van der Waals surface area (Å²) in [4.78, 5) is 4.74. The van der Waals surface area contributed by atoms with Crippen molar-refractivity contribution < 1.29 is 9.84 Å². The predicted octanol–water partition coefficient (Wildman–Crippen LogP) is 7.14. The maximum Gasteiger partial charge on any atom is 0.128 e. The van der Waals surface area contributed by atoms with E-state index in [4.69, 9.17) is 9.73 Å². The Morgan fingerprint density at radius 2 is 1.41 bits per heavy atom. The van der Waals surface area contributed by atoms with E-state index >= 15 is 0 Å². The summed E-state index contributed by atoms with van der Waals surface area (Å²) >= 11 is 0. The smallest absolute Gasteiger partial charge is 0.128 e. The zero-order chi connectivity index (χ0) is 22.6. The number of aliphatic imine (C=N–C) groups is 1. The number of rotatable bonds is 6. The molecule has 160 valence electrons. The van der Waals surface area contributed by atoms with Crippen LogP contribution in [0.5, 0.6) is 11.5 Å². The van der Waals surface area contributed by atoms with Crippen LogP contribution in [0.1, 0.15) is 30.5 Å². The van der Waals surface area contributed by atoms with E-state index in [2.05, 4.69) is 26.0 Å². The highest BCUT2D eigenvalue weighted by atomic mass is 16.5. The van der Waals surface area contributed by atoms with Crippen LogP contribution in [0.3, 0.4) is 0 Å². The topological polar surface area (TPSA) is 41.8 Å². The molecule has 0 radical (unpaired) electrons. The molecule has 0 aliphatic carbocycles. The van der Waals surface area contributed by atoms with E-state index < -0.39 is 0 Å². The van der Waals surface area contributed by atoms with E-state index in [1.807, 2.05) is 84.9 Å². The molecule has 0 saturated carbocycles. The second-order valence-electron chi connectivity index (χ2n) is 8.21. The van der Waals surface area contributed by atoms with Crippen LogP contribution in [0.15, 0.2) is 102 Å². The van der Waals surface area contributed by atoms with Crippen molar-refractivity contribution in [1.82, 2.24) is 0 Å². The number of ether oxygens (including phenoxy) is 1. The highest BCUT2D eigenvalue weighted by Crippen LogP contribution is 2.39. The first-order chi connectivity index (χ1) is 15.5. The Bertz CT molecular complexity index is 1240. The largest absolute Gasteiger partial charge is 0.507 e. The predicted molar refractivity (Wildman–Crippen MR) is 132 cm³/mol. The number of phenols is 1. The molecular formula is C29H27NO2. The van der Waals surface area contributed by atoms with Crippen molar-refractivity contribution in [3.63, 3.8) is 0 Å². The first kappa shape index (κ1) is 21.4. The molecule has 0 heterocycles. The van der Waals surface area contributed by atoms with Gasteiger partial charge in [0.2, 0.25) is 0 Å². The van der Waals surface area contributed by atoms with Crippen LogP contribution in [0.2, 0.25) is 0 Å². The van der Waals surface area contributed by atoms with Gasteiger partial charge in [-0.1, -0.05) is 92.7 Å². The number of hydrogen-bond donors (Lipinski definition) is 1. The lowest BCUT2D eigenvalue weighted by atomic mass is 9.77. The minimum Gasteiger partial charge on any atom is -0.507 e. The zero-order valence-electron chi connectivity index (χ0n) is 18.6. The molecule has 0 aliphatic heterocycles. The Kier molecular flexibility index (Phi) is 6.09. The van der Waals surface area contributed by atoms with Gasteiger partial charge in [0.15, 0.2) is 0 Å². The Balaban J connectivity index is 1.73. The first-order valence-corrected chi connectivity index (χ1v) is 10.7. The summed E-state index contributed by atoms with van der Waals surface area (Å²) in [5, 5.41) is 11.1. The number of phenolic OH excluding ortho intramolecular Hbond substituents is 1. The summed E-state index contributed by atoms with van der Waals surface area (Å²) in [5.74, 6) is 1.05. The number of nitrogens with zero attached hydrogens (tertiary/aromatic N) is 1. The molecule has 0 spiro atoms. The zero-order valence-corrected chi connectivity index (χ0v) is 18.6. The van der Waals surface area contributed by atoms with Crippen LogP contribution in [0.25, 0.3) is 11.1 Å². The maximum atomic E-state index is 11.1. The molecule has 3 nitrogen and oxygen atoms in total. The van der Waals surface area contributed by atoms with Crippen molar-refractivity contribution in [2.45, 2.75) is 19.3 Å². The molecule has 0 bridgehead atoms. The molecule has 32 heavy (non-hydrogen) atoms. The van der Waals surface area contributed by atoms with E-state index in [1.54, 1.807) is 13.3 Å². The van der Waals surface area contributed by atoms with Crippen LogP contribution in [0.4, 0.5) is 5.69 Å². The van der Waals surface area contributed by atoms with E-state index in [0.717, 1.165) is 33.7 Å². The number of aromatic hydroxyl groups is 1. The molecule has 0 fully saturated rings. The number of benzene rings is 4. The fourth-order valence-electron chi connectivity index (χ4n) is 4.00. The molecule has 0 aromatic heterocycles. The molecule has 4 aromatic carbocycles. The standard InChI is InChI=1S/C29H27NO2/c1-29(2,22-13-5-4-6-14-22)25-17-11-12-21(28(25)31)20-30-26-18-9-7-15-23(26)24-16-8-10-19-27(24)32-3/h4-20,31H,1-3H3. The molecule has 3 heteroatoms. The molecule has 0 atom stereocenters. The van der Waals surface area contributed by atoms with Crippen LogP contribution < -0.4 is 4.74 Å². The molecular weight excluding hydrogens is 394 g/mol. The van der Waals surface area contributed by atoms with E-state index in [1.165, 1.54) is 0 Å². The van der Waals surface area contributed by atoms with E-state index in [9.17, 15) is 5.11 Å². The third-order valence-corrected chi connectivity index (χ3v) is 5.88. The molecule has 0 saturated heterocycles. The second-order valence-corrected chi connectivity index (χ2v) is 8.21. The molecule has 4 rings (SSSR count). The Morgan fingerprint density at radius 3 is 2.16 bits per heavy atom. The third-order valence-electron chi connectivity index (χ3n) is 5.88. The van der Waals surface area contributed by atoms with Crippen molar-refractivity contribution in [1.29, 1.82) is 0 Å². The number of para-hydroxylation sites is 3. The second kappa shape index (κ2) is 9.11. The number of methoxy groups -OCH3 is 1. The maximum absolute atomic E-state index is 11.1. The Labute approximate surface area is 189 Å². The Morgan fingerprint density at radius 1 is 0.750 bits per heavy atom. The van der Waals surface area contributed by atoms with Crippen LogP contribution in [-0.2, 0) is 5.41 Å². The van der Waals surface area contributed by atoms with Crippen LogP contribution >= 0.6 is 0 Å². The lowest BCUT2D eigenvalue weighted by Crippen LogP contribution is -2.19. The quantitative estimate of drug-likeness (QED) is 0.336. The lowest BCUT2D eigenvalue weighted by molar-refractivity contribution is 0.416. The van der Waals surface area contributed by atoms with Gasteiger partial charge in [-0.2, -0.15) is 0 Å². The van der Waals surface area contributed by atoms with Crippen molar-refractivity contribution in [2.24, 2.45) is 4.99 Å². The Hall–Kier alpha value is -3.85. The monoisotopic (exact) mass is 421 g/mol. The van der Waals surface area contributed by atoms with Crippen molar-refractivity contribution in [2.75, 3.05) is 7.11 Å². The molecule has 0 unspecified atom stereocenters. The summed E-state index contributed by atoms with van der Waals surface area (Å²) in [6, 6.07) is 31.9. The average molecular weight is 422 g/mol. The average Bonchev–Trinajstić information content (AvgIpc) is 2.84. The van der Waals surface area contributed by atoms with Gasteiger partial charge in [-0.05, 0) is 23.8 Å². The van der Waals surface area contributed by atoms with E-state index in [-0.39, 0.29) is 11.2 Å². The summed E-state index contributed by atoms with van der Waals surface area (Å²) in [7, 11) is 1.67. The third kappa shape index (κ3) is 4.15. The SMILES string of the molecule is COc1ccccc1-c1ccccc1N=Cc1cccc(C(C)(C)c2ccccc2)c1O. The van der Waals surface area contributed by atoms with Gasteiger partial charge in [0, 0.05) is 33.9 Å². The van der Waals surface area contributed by atoms with Gasteiger partial charge in [0.1, 0.15) is 11.5 Å².